The van der Waals surface area contributed by atoms with Gasteiger partial charge in [-0.1, -0.05) is 142 Å². The molecular weight excluding hydrogens is 420 g/mol. The van der Waals surface area contributed by atoms with Crippen LogP contribution in [0.1, 0.15) is 168 Å². The first-order valence-corrected chi connectivity index (χ1v) is 14.3. The van der Waals surface area contributed by atoms with Crippen molar-refractivity contribution >= 4 is 22.8 Å². The van der Waals surface area contributed by atoms with E-state index >= 15 is 0 Å². The third-order valence-electron chi connectivity index (χ3n) is 5.97. The van der Waals surface area contributed by atoms with Gasteiger partial charge >= 0.3 is 5.97 Å². The highest BCUT2D eigenvalue weighted by Crippen LogP contribution is 2.13. The molecule has 0 aliphatic carbocycles. The van der Waals surface area contributed by atoms with Gasteiger partial charge in [0.25, 0.3) is 0 Å². The van der Waals surface area contributed by atoms with E-state index in [1.807, 2.05) is 0 Å². The molecule has 1 N–H and O–H groups in total. The van der Waals surface area contributed by atoms with Gasteiger partial charge in [0, 0.05) is 12.8 Å². The molecule has 4 heteroatoms. The maximum absolute atomic E-state index is 10.5. The van der Waals surface area contributed by atoms with Gasteiger partial charge in [0.05, 0.1) is 0 Å². The quantitative estimate of drug-likeness (QED) is 0.112. The molecule has 0 aliphatic rings. The van der Waals surface area contributed by atoms with Crippen LogP contribution in [-0.2, 0) is 9.59 Å². The summed E-state index contributed by atoms with van der Waals surface area (Å²) in [4.78, 5) is 20.7. The molecule has 0 amide bonds. The molecule has 0 unspecified atom stereocenters. The van der Waals surface area contributed by atoms with Crippen LogP contribution in [0.25, 0.3) is 0 Å². The zero-order valence-corrected chi connectivity index (χ0v) is 22.4. The molecule has 0 saturated carbocycles. The van der Waals surface area contributed by atoms with E-state index < -0.39 is 5.97 Å². The lowest BCUT2D eigenvalue weighted by atomic mass is 10.1. The number of carbonyl (C=O) groups excluding carboxylic acids is 1. The summed E-state index contributed by atoms with van der Waals surface area (Å²) >= 11 is 5.26. The second-order valence-corrected chi connectivity index (χ2v) is 9.74. The van der Waals surface area contributed by atoms with E-state index in [1.54, 1.807) is 0 Å². The van der Waals surface area contributed by atoms with Crippen LogP contribution in [0.3, 0.4) is 0 Å². The fourth-order valence-electron chi connectivity index (χ4n) is 3.87. The third-order valence-corrected chi connectivity index (χ3v) is 6.16. The number of hydrogen-bond acceptors (Lipinski definition) is 2. The highest BCUT2D eigenvalue weighted by Gasteiger charge is 1.97. The van der Waals surface area contributed by atoms with Crippen LogP contribution in [-0.4, -0.2) is 16.3 Å². The second-order valence-electron chi connectivity index (χ2n) is 9.32. The molecule has 32 heavy (non-hydrogen) atoms. The predicted molar refractivity (Wildman–Crippen MR) is 141 cm³/mol. The Morgan fingerprint density at radius 3 is 0.969 bits per heavy atom. The van der Waals surface area contributed by atoms with Crippen molar-refractivity contribution in [2.75, 3.05) is 0 Å². The molecule has 0 bridgehead atoms. The number of halogens is 1. The number of unbranched alkanes of at least 4 members (excludes halogenated alkanes) is 20. The normalized spacial score (nSPS) is 10.6. The molecule has 0 spiro atoms. The molecule has 0 fully saturated rings. The van der Waals surface area contributed by atoms with Crippen LogP contribution >= 0.6 is 11.6 Å². The van der Waals surface area contributed by atoms with E-state index in [0.29, 0.717) is 12.8 Å². The Bertz CT molecular complexity index is 349. The average molecular weight is 475 g/mol. The molecule has 0 aliphatic heterocycles. The molecular formula is C28H55ClO3. The molecule has 0 atom stereocenters. The maximum Gasteiger partial charge on any atom is 0.303 e. The summed E-state index contributed by atoms with van der Waals surface area (Å²) in [6, 6.07) is 0. The summed E-state index contributed by atoms with van der Waals surface area (Å²) in [5.74, 6) is -0.657. The molecule has 0 saturated heterocycles. The van der Waals surface area contributed by atoms with Crippen LogP contribution in [0.4, 0.5) is 0 Å². The highest BCUT2D eigenvalue weighted by atomic mass is 35.5. The monoisotopic (exact) mass is 474 g/mol. The maximum atomic E-state index is 10.5. The summed E-state index contributed by atoms with van der Waals surface area (Å²) in [6.07, 6.45) is 29.3. The van der Waals surface area contributed by atoms with Crippen molar-refractivity contribution in [1.82, 2.24) is 0 Å². The molecule has 0 heterocycles. The van der Waals surface area contributed by atoms with Gasteiger partial charge in [-0.15, -0.1) is 0 Å². The van der Waals surface area contributed by atoms with Crippen molar-refractivity contribution in [3.8, 4) is 0 Å². The Labute approximate surface area is 205 Å². The lowest BCUT2D eigenvalue weighted by Gasteiger charge is -2.01. The summed E-state index contributed by atoms with van der Waals surface area (Å²) in [5.41, 5.74) is 0. The van der Waals surface area contributed by atoms with E-state index in [1.165, 1.54) is 116 Å². The SMILES string of the molecule is CCCCCCCCCCCCCC(=O)Cl.CCCCCCCCCCCCCC(=O)O. The van der Waals surface area contributed by atoms with Crippen LogP contribution in [0.2, 0.25) is 0 Å². The van der Waals surface area contributed by atoms with Crippen molar-refractivity contribution in [2.24, 2.45) is 0 Å². The first-order valence-electron chi connectivity index (χ1n) is 13.9. The summed E-state index contributed by atoms with van der Waals surface area (Å²) in [7, 11) is 0. The Kier molecular flexibility index (Phi) is 32.0. The summed E-state index contributed by atoms with van der Waals surface area (Å²) in [5, 5.41) is 8.27. The van der Waals surface area contributed by atoms with Gasteiger partial charge in [-0.25, -0.2) is 0 Å². The lowest BCUT2D eigenvalue weighted by molar-refractivity contribution is -0.137. The van der Waals surface area contributed by atoms with Crippen LogP contribution < -0.4 is 0 Å². The highest BCUT2D eigenvalue weighted by molar-refractivity contribution is 6.63. The third kappa shape index (κ3) is 36.8. The van der Waals surface area contributed by atoms with Crippen molar-refractivity contribution in [3.63, 3.8) is 0 Å². The van der Waals surface area contributed by atoms with Gasteiger partial charge < -0.3 is 5.11 Å². The zero-order valence-electron chi connectivity index (χ0n) is 21.6. The van der Waals surface area contributed by atoms with Crippen molar-refractivity contribution < 1.29 is 14.7 Å². The number of aliphatic carboxylic acids is 1. The van der Waals surface area contributed by atoms with Crippen LogP contribution in [0.15, 0.2) is 0 Å². The van der Waals surface area contributed by atoms with Gasteiger partial charge in [-0.3, -0.25) is 9.59 Å². The number of rotatable bonds is 24. The van der Waals surface area contributed by atoms with E-state index in [-0.39, 0.29) is 5.24 Å². The zero-order chi connectivity index (χ0) is 24.1. The largest absolute Gasteiger partial charge is 0.481 e. The smallest absolute Gasteiger partial charge is 0.303 e. The minimum absolute atomic E-state index is 0.184. The van der Waals surface area contributed by atoms with Gasteiger partial charge in [-0.05, 0) is 24.4 Å². The number of carboxylic acids is 1. The molecule has 0 radical (unpaired) electrons. The van der Waals surface area contributed by atoms with Crippen molar-refractivity contribution in [2.45, 2.75) is 168 Å². The molecule has 0 aromatic carbocycles. The van der Waals surface area contributed by atoms with E-state index in [4.69, 9.17) is 16.7 Å². The van der Waals surface area contributed by atoms with Gasteiger partial charge in [0.15, 0.2) is 0 Å². The second kappa shape index (κ2) is 30.4. The van der Waals surface area contributed by atoms with Crippen LogP contribution in [0, 0.1) is 0 Å². The fraction of sp³-hybridized carbons (Fsp3) is 0.929. The summed E-state index contributed by atoms with van der Waals surface area (Å²) in [6.45, 7) is 4.50. The Hall–Kier alpha value is -0.570. The Balaban J connectivity index is 0. The number of carbonyl (C=O) groups is 2. The van der Waals surface area contributed by atoms with Gasteiger partial charge in [0.1, 0.15) is 0 Å². The summed E-state index contributed by atoms with van der Waals surface area (Å²) < 4.78 is 0. The predicted octanol–water partition coefficient (Wildman–Crippen LogP) is 10.2. The van der Waals surface area contributed by atoms with Gasteiger partial charge in [0.2, 0.25) is 5.24 Å². The van der Waals surface area contributed by atoms with Gasteiger partial charge in [-0.2, -0.15) is 0 Å². The molecule has 3 nitrogen and oxygen atoms in total. The molecule has 0 aromatic heterocycles. The molecule has 192 valence electrons. The minimum Gasteiger partial charge on any atom is -0.481 e. The standard InChI is InChI=1S/C14H27ClO.C14H28O2/c2*1-2-3-4-5-6-7-8-9-10-11-12-13-14(15)16/h2-13H2,1H3;2-13H2,1H3,(H,15,16). The average Bonchev–Trinajstić information content (AvgIpc) is 2.76. The topological polar surface area (TPSA) is 54.4 Å². The van der Waals surface area contributed by atoms with Crippen molar-refractivity contribution in [3.05, 3.63) is 0 Å². The Morgan fingerprint density at radius 2 is 0.719 bits per heavy atom. The Morgan fingerprint density at radius 1 is 0.469 bits per heavy atom. The lowest BCUT2D eigenvalue weighted by Crippen LogP contribution is -1.93. The van der Waals surface area contributed by atoms with E-state index in [9.17, 15) is 9.59 Å². The van der Waals surface area contributed by atoms with E-state index in [2.05, 4.69) is 13.8 Å². The minimum atomic E-state index is -0.657. The first kappa shape index (κ1) is 33.6. The van der Waals surface area contributed by atoms with Crippen LogP contribution in [0.5, 0.6) is 0 Å². The van der Waals surface area contributed by atoms with Crippen molar-refractivity contribution in [1.29, 1.82) is 0 Å². The number of carboxylic acid groups (broad SMARTS) is 1. The first-order chi connectivity index (χ1) is 15.5. The molecule has 0 rings (SSSR count). The van der Waals surface area contributed by atoms with E-state index in [0.717, 1.165) is 25.7 Å². The molecule has 0 aromatic rings. The number of hydrogen-bond donors (Lipinski definition) is 1. The fourth-order valence-corrected chi connectivity index (χ4v) is 4.00.